The van der Waals surface area contributed by atoms with Crippen molar-refractivity contribution < 1.29 is 9.90 Å². The fourth-order valence-electron chi connectivity index (χ4n) is 3.48. The Kier molecular flexibility index (Phi) is 7.03. The van der Waals surface area contributed by atoms with Crippen LogP contribution < -0.4 is 10.6 Å². The lowest BCUT2D eigenvalue weighted by molar-refractivity contribution is 0.194. The van der Waals surface area contributed by atoms with Crippen molar-refractivity contribution in [3.8, 4) is 0 Å². The van der Waals surface area contributed by atoms with Gasteiger partial charge in [0.2, 0.25) is 0 Å². The van der Waals surface area contributed by atoms with Crippen LogP contribution in [0.1, 0.15) is 45.2 Å². The second kappa shape index (κ2) is 9.02. The summed E-state index contributed by atoms with van der Waals surface area (Å²) in [5.41, 5.74) is 1.07. The van der Waals surface area contributed by atoms with Crippen LogP contribution in [0, 0.1) is 17.3 Å². The lowest BCUT2D eigenvalue weighted by Crippen LogP contribution is -2.44. The smallest absolute Gasteiger partial charge is 0.314 e. The second-order valence-corrected chi connectivity index (χ2v) is 7.61. The predicted molar refractivity (Wildman–Crippen MR) is 95.7 cm³/mol. The Morgan fingerprint density at radius 1 is 1.33 bits per heavy atom. The molecule has 1 aliphatic rings. The van der Waals surface area contributed by atoms with Crippen molar-refractivity contribution in [2.75, 3.05) is 19.7 Å². The zero-order valence-corrected chi connectivity index (χ0v) is 14.9. The molecule has 0 bridgehead atoms. The van der Waals surface area contributed by atoms with Crippen LogP contribution >= 0.6 is 0 Å². The van der Waals surface area contributed by atoms with Crippen molar-refractivity contribution in [2.24, 2.45) is 17.3 Å². The van der Waals surface area contributed by atoms with Gasteiger partial charge in [0.25, 0.3) is 0 Å². The predicted octanol–water partition coefficient (Wildman–Crippen LogP) is 2.75. The molecule has 0 saturated heterocycles. The van der Waals surface area contributed by atoms with Gasteiger partial charge in [-0.1, -0.05) is 32.8 Å². The largest absolute Gasteiger partial charge is 0.396 e. The van der Waals surface area contributed by atoms with E-state index < -0.39 is 0 Å². The summed E-state index contributed by atoms with van der Waals surface area (Å²) in [4.78, 5) is 16.3. The van der Waals surface area contributed by atoms with Crippen LogP contribution in [0.5, 0.6) is 0 Å². The number of amides is 2. The minimum absolute atomic E-state index is 0.0199. The first-order valence-corrected chi connectivity index (χ1v) is 9.03. The average Bonchev–Trinajstić information content (AvgIpc) is 3.13. The van der Waals surface area contributed by atoms with Gasteiger partial charge in [0.15, 0.2) is 0 Å². The van der Waals surface area contributed by atoms with Crippen molar-refractivity contribution in [3.05, 3.63) is 30.1 Å². The Balaban J connectivity index is 1.71. The van der Waals surface area contributed by atoms with Crippen molar-refractivity contribution in [2.45, 2.75) is 46.0 Å². The monoisotopic (exact) mass is 333 g/mol. The van der Waals surface area contributed by atoms with E-state index in [1.807, 2.05) is 18.2 Å². The van der Waals surface area contributed by atoms with E-state index in [-0.39, 0.29) is 24.0 Å². The number of hydrogen-bond acceptors (Lipinski definition) is 3. The number of pyridine rings is 1. The van der Waals surface area contributed by atoms with Crippen LogP contribution in [0.4, 0.5) is 4.79 Å². The van der Waals surface area contributed by atoms with Gasteiger partial charge < -0.3 is 15.7 Å². The molecular formula is C19H31N3O2. The van der Waals surface area contributed by atoms with Crippen molar-refractivity contribution >= 4 is 6.03 Å². The number of aliphatic hydroxyl groups excluding tert-OH is 1. The van der Waals surface area contributed by atoms with Crippen molar-refractivity contribution in [1.82, 2.24) is 15.6 Å². The fraction of sp³-hybridized carbons (Fsp3) is 0.684. The number of hydrogen-bond donors (Lipinski definition) is 3. The molecule has 1 heterocycles. The third kappa shape index (κ3) is 5.78. The van der Waals surface area contributed by atoms with Gasteiger partial charge in [-0.2, -0.15) is 0 Å². The normalized spacial score (nSPS) is 16.8. The van der Waals surface area contributed by atoms with E-state index in [1.54, 1.807) is 6.20 Å². The fourth-order valence-corrected chi connectivity index (χ4v) is 3.48. The number of rotatable bonds is 8. The van der Waals surface area contributed by atoms with Gasteiger partial charge in [-0.25, -0.2) is 4.79 Å². The topological polar surface area (TPSA) is 74.2 Å². The molecule has 1 aliphatic carbocycles. The molecule has 1 fully saturated rings. The standard InChI is InChI=1S/C19H31N3O2/c1-19(2,16-7-3-4-8-16)14-22-18(24)21-12-15(13-23)11-17-9-5-6-10-20-17/h5-6,9-10,15-16,23H,3-4,7-8,11-14H2,1-2H3,(H2,21,22,24). The van der Waals surface area contributed by atoms with Gasteiger partial charge in [0.1, 0.15) is 0 Å². The molecule has 1 unspecified atom stereocenters. The van der Waals surface area contributed by atoms with Crippen LogP contribution in [0.3, 0.4) is 0 Å². The highest BCUT2D eigenvalue weighted by Gasteiger charge is 2.31. The minimum atomic E-state index is -0.152. The molecule has 0 aromatic carbocycles. The highest BCUT2D eigenvalue weighted by atomic mass is 16.3. The van der Waals surface area contributed by atoms with E-state index in [2.05, 4.69) is 29.5 Å². The lowest BCUT2D eigenvalue weighted by atomic mass is 9.78. The highest BCUT2D eigenvalue weighted by Crippen LogP contribution is 2.38. The zero-order valence-electron chi connectivity index (χ0n) is 14.9. The molecule has 0 radical (unpaired) electrons. The number of aliphatic hydroxyl groups is 1. The minimum Gasteiger partial charge on any atom is -0.396 e. The highest BCUT2D eigenvalue weighted by molar-refractivity contribution is 5.73. The average molecular weight is 333 g/mol. The first-order chi connectivity index (χ1) is 11.5. The molecule has 2 amide bonds. The Bertz CT molecular complexity index is 499. The summed E-state index contributed by atoms with van der Waals surface area (Å²) in [5.74, 6) is 0.681. The maximum Gasteiger partial charge on any atom is 0.314 e. The van der Waals surface area contributed by atoms with E-state index in [9.17, 15) is 9.90 Å². The van der Waals surface area contributed by atoms with Crippen LogP contribution in [0.2, 0.25) is 0 Å². The summed E-state index contributed by atoms with van der Waals surface area (Å²) in [6, 6.07) is 5.59. The molecular weight excluding hydrogens is 302 g/mol. The van der Waals surface area contributed by atoms with E-state index in [0.717, 1.165) is 5.69 Å². The number of carbonyl (C=O) groups excluding carboxylic acids is 1. The van der Waals surface area contributed by atoms with Crippen LogP contribution in [-0.2, 0) is 6.42 Å². The molecule has 0 spiro atoms. The third-order valence-electron chi connectivity index (χ3n) is 5.20. The molecule has 5 heteroatoms. The summed E-state index contributed by atoms with van der Waals surface area (Å²) in [6.45, 7) is 5.64. The molecule has 3 N–H and O–H groups in total. The summed E-state index contributed by atoms with van der Waals surface area (Å²) < 4.78 is 0. The Labute approximate surface area is 145 Å². The quantitative estimate of drug-likeness (QED) is 0.685. The summed E-state index contributed by atoms with van der Waals surface area (Å²) in [7, 11) is 0. The van der Waals surface area contributed by atoms with E-state index in [4.69, 9.17) is 0 Å². The lowest BCUT2D eigenvalue weighted by Gasteiger charge is -2.31. The molecule has 1 saturated carbocycles. The zero-order chi connectivity index (χ0) is 17.4. The molecule has 2 rings (SSSR count). The van der Waals surface area contributed by atoms with Gasteiger partial charge in [-0.3, -0.25) is 4.98 Å². The Hall–Kier alpha value is -1.62. The van der Waals surface area contributed by atoms with E-state index in [0.29, 0.717) is 25.4 Å². The van der Waals surface area contributed by atoms with E-state index in [1.165, 1.54) is 25.7 Å². The number of aromatic nitrogens is 1. The molecule has 5 nitrogen and oxygen atoms in total. The number of nitrogens with zero attached hydrogens (tertiary/aromatic N) is 1. The summed E-state index contributed by atoms with van der Waals surface area (Å²) in [6.07, 6.45) is 7.57. The Morgan fingerprint density at radius 3 is 2.71 bits per heavy atom. The van der Waals surface area contributed by atoms with Gasteiger partial charge >= 0.3 is 6.03 Å². The van der Waals surface area contributed by atoms with E-state index >= 15 is 0 Å². The number of carbonyl (C=O) groups is 1. The molecule has 134 valence electrons. The summed E-state index contributed by atoms with van der Waals surface area (Å²) in [5, 5.41) is 15.4. The molecule has 1 aromatic heterocycles. The molecule has 24 heavy (non-hydrogen) atoms. The van der Waals surface area contributed by atoms with Crippen molar-refractivity contribution in [1.29, 1.82) is 0 Å². The molecule has 0 aliphatic heterocycles. The number of nitrogens with one attached hydrogen (secondary N) is 2. The van der Waals surface area contributed by atoms with Crippen LogP contribution in [0.25, 0.3) is 0 Å². The van der Waals surface area contributed by atoms with Crippen molar-refractivity contribution in [3.63, 3.8) is 0 Å². The second-order valence-electron chi connectivity index (χ2n) is 7.61. The van der Waals surface area contributed by atoms with Gasteiger partial charge in [0.05, 0.1) is 0 Å². The number of urea groups is 1. The van der Waals surface area contributed by atoms with Crippen LogP contribution in [0.15, 0.2) is 24.4 Å². The third-order valence-corrected chi connectivity index (χ3v) is 5.20. The first kappa shape index (κ1) is 18.7. The van der Waals surface area contributed by atoms with Crippen LogP contribution in [-0.4, -0.2) is 35.8 Å². The maximum atomic E-state index is 12.1. The van der Waals surface area contributed by atoms with Gasteiger partial charge in [0, 0.05) is 37.5 Å². The maximum absolute atomic E-state index is 12.1. The first-order valence-electron chi connectivity index (χ1n) is 9.03. The SMILES string of the molecule is CC(C)(CNC(=O)NCC(CO)Cc1ccccn1)C1CCCC1. The summed E-state index contributed by atoms with van der Waals surface area (Å²) >= 11 is 0. The van der Waals surface area contributed by atoms with Gasteiger partial charge in [-0.15, -0.1) is 0 Å². The molecule has 1 aromatic rings. The van der Waals surface area contributed by atoms with Gasteiger partial charge in [-0.05, 0) is 42.7 Å². The molecule has 1 atom stereocenters. The Morgan fingerprint density at radius 2 is 2.08 bits per heavy atom.